The second-order valence-corrected chi connectivity index (χ2v) is 6.32. The van der Waals surface area contributed by atoms with E-state index in [1.807, 2.05) is 4.72 Å². The van der Waals surface area contributed by atoms with Gasteiger partial charge in [0, 0.05) is 19.7 Å². The third kappa shape index (κ3) is 6.72. The predicted octanol–water partition coefficient (Wildman–Crippen LogP) is 1.35. The largest absolute Gasteiger partial charge is 0.490 e. The number of hydrogen-bond acceptors (Lipinski definition) is 5. The van der Waals surface area contributed by atoms with Crippen molar-refractivity contribution in [1.29, 1.82) is 0 Å². The van der Waals surface area contributed by atoms with Crippen molar-refractivity contribution in [3.8, 4) is 0 Å². The van der Waals surface area contributed by atoms with Gasteiger partial charge < -0.3 is 15.9 Å². The van der Waals surface area contributed by atoms with Crippen LogP contribution in [0.15, 0.2) is 12.1 Å². The second-order valence-electron chi connectivity index (χ2n) is 4.54. The fraction of sp³-hybridized carbons (Fsp3) is 0.333. The molecule has 0 fully saturated rings. The molecule has 0 amide bonds. The van der Waals surface area contributed by atoms with Gasteiger partial charge in [-0.05, 0) is 6.07 Å². The number of aromatic carboxylic acids is 1. The number of benzene rings is 1. The molecule has 148 valence electrons. The van der Waals surface area contributed by atoms with Crippen molar-refractivity contribution < 1.29 is 45.8 Å². The highest BCUT2D eigenvalue weighted by atomic mass is 32.2. The number of rotatable bonds is 5. The summed E-state index contributed by atoms with van der Waals surface area (Å²) in [5.74, 6) is -5.10. The summed E-state index contributed by atoms with van der Waals surface area (Å²) in [7, 11) is -2.59. The maximum atomic E-state index is 13.3. The van der Waals surface area contributed by atoms with Gasteiger partial charge in [-0.2, -0.15) is 25.9 Å². The van der Waals surface area contributed by atoms with Crippen LogP contribution in [0, 0.1) is 5.82 Å². The molecule has 14 heteroatoms. The number of nitrogens with one attached hydrogen (secondary N) is 1. The van der Waals surface area contributed by atoms with Gasteiger partial charge >= 0.3 is 28.3 Å². The Hall–Kier alpha value is -2.61. The van der Waals surface area contributed by atoms with Crippen molar-refractivity contribution in [2.45, 2.75) is 13.1 Å². The Morgan fingerprint density at radius 1 is 1.27 bits per heavy atom. The van der Waals surface area contributed by atoms with Gasteiger partial charge in [0.1, 0.15) is 5.82 Å². The number of aliphatic carboxylic acids is 1. The second kappa shape index (κ2) is 8.66. The highest BCUT2D eigenvalue weighted by Crippen LogP contribution is 2.26. The van der Waals surface area contributed by atoms with Gasteiger partial charge in [0.15, 0.2) is 0 Å². The highest BCUT2D eigenvalue weighted by Gasteiger charge is 2.38. The van der Waals surface area contributed by atoms with Gasteiger partial charge in [-0.1, -0.05) is 6.92 Å². The topological polar surface area (TPSA) is 150 Å². The Kier molecular flexibility index (Phi) is 7.79. The van der Waals surface area contributed by atoms with E-state index in [0.29, 0.717) is 0 Å². The number of hydrogen-bond donors (Lipinski definition) is 4. The summed E-state index contributed by atoms with van der Waals surface area (Å²) >= 11 is 0. The molecule has 0 spiro atoms. The smallest absolute Gasteiger partial charge is 0.478 e. The number of nitrogen functional groups attached to an aromatic ring is 1. The van der Waals surface area contributed by atoms with E-state index in [1.165, 1.54) is 7.05 Å². The number of carbonyl (C=O) groups is 2. The maximum Gasteiger partial charge on any atom is 0.490 e. The number of nitrogens with two attached hydrogens (primary N) is 1. The molecule has 0 aliphatic rings. The average molecular weight is 405 g/mol. The van der Waals surface area contributed by atoms with Crippen LogP contribution < -0.4 is 10.5 Å². The molecule has 0 radical (unpaired) electrons. The Morgan fingerprint density at radius 2 is 1.73 bits per heavy atom. The summed E-state index contributed by atoms with van der Waals surface area (Å²) in [4.78, 5) is 19.7. The van der Waals surface area contributed by atoms with Crippen LogP contribution in [0.1, 0.15) is 17.3 Å². The van der Waals surface area contributed by atoms with E-state index < -0.39 is 39.7 Å². The highest BCUT2D eigenvalue weighted by molar-refractivity contribution is 7.90. The Morgan fingerprint density at radius 3 is 2.08 bits per heavy atom. The normalized spacial score (nSPS) is 11.5. The van der Waals surface area contributed by atoms with Crippen molar-refractivity contribution in [3.05, 3.63) is 23.5 Å². The molecule has 0 bridgehead atoms. The van der Waals surface area contributed by atoms with Gasteiger partial charge in [0.25, 0.3) is 0 Å². The van der Waals surface area contributed by atoms with Gasteiger partial charge in [0.05, 0.1) is 16.9 Å². The zero-order valence-electron chi connectivity index (χ0n) is 13.3. The van der Waals surface area contributed by atoms with Gasteiger partial charge in [-0.25, -0.2) is 14.0 Å². The van der Waals surface area contributed by atoms with Gasteiger partial charge in [-0.15, -0.1) is 0 Å². The lowest BCUT2D eigenvalue weighted by atomic mass is 10.1. The Bertz CT molecular complexity index is 782. The van der Waals surface area contributed by atoms with Crippen LogP contribution in [-0.2, 0) is 15.0 Å². The van der Waals surface area contributed by atoms with E-state index in [1.54, 1.807) is 6.92 Å². The number of halogens is 4. The van der Waals surface area contributed by atoms with E-state index in [9.17, 15) is 30.8 Å². The van der Waals surface area contributed by atoms with E-state index >= 15 is 0 Å². The van der Waals surface area contributed by atoms with Crippen LogP contribution in [0.5, 0.6) is 0 Å². The molecule has 1 aromatic rings. The van der Waals surface area contributed by atoms with Crippen LogP contribution in [0.25, 0.3) is 0 Å². The van der Waals surface area contributed by atoms with Crippen molar-refractivity contribution in [2.75, 3.05) is 24.0 Å². The molecule has 0 aromatic heterocycles. The lowest BCUT2D eigenvalue weighted by molar-refractivity contribution is -0.192. The van der Waals surface area contributed by atoms with Gasteiger partial charge in [0.2, 0.25) is 0 Å². The molecule has 1 aromatic carbocycles. The molecule has 0 unspecified atom stereocenters. The SMILES string of the molecule is CCN(C)S(=O)(=O)Nc1cc(F)cc(C(=O)O)c1N.O=C(O)C(F)(F)F. The zero-order valence-corrected chi connectivity index (χ0v) is 14.2. The number of alkyl halides is 3. The molecule has 0 aliphatic heterocycles. The fourth-order valence-corrected chi connectivity index (χ4v) is 2.21. The summed E-state index contributed by atoms with van der Waals surface area (Å²) in [6.07, 6.45) is -5.08. The first-order valence-corrected chi connectivity index (χ1v) is 7.94. The Balaban J connectivity index is 0.000000758. The molecule has 0 atom stereocenters. The maximum absolute atomic E-state index is 13.3. The van der Waals surface area contributed by atoms with Crippen LogP contribution in [0.4, 0.5) is 28.9 Å². The fourth-order valence-electron chi connectivity index (χ4n) is 1.27. The lowest BCUT2D eigenvalue weighted by Gasteiger charge is -2.18. The molecule has 5 N–H and O–H groups in total. The molecular weight excluding hydrogens is 390 g/mol. The molecule has 0 heterocycles. The van der Waals surface area contributed by atoms with Crippen LogP contribution in [-0.4, -0.2) is 54.6 Å². The minimum absolute atomic E-state index is 0.191. The number of carboxylic acids is 2. The first-order chi connectivity index (χ1) is 11.6. The van der Waals surface area contributed by atoms with Crippen molar-refractivity contribution >= 4 is 33.5 Å². The van der Waals surface area contributed by atoms with E-state index in [2.05, 4.69) is 0 Å². The van der Waals surface area contributed by atoms with Crippen LogP contribution >= 0.6 is 0 Å². The van der Waals surface area contributed by atoms with E-state index in [-0.39, 0.29) is 17.9 Å². The van der Waals surface area contributed by atoms with Crippen molar-refractivity contribution in [1.82, 2.24) is 4.31 Å². The molecule has 1 rings (SSSR count). The lowest BCUT2D eigenvalue weighted by Crippen LogP contribution is -2.32. The summed E-state index contributed by atoms with van der Waals surface area (Å²) in [6.45, 7) is 1.80. The molecule has 26 heavy (non-hydrogen) atoms. The summed E-state index contributed by atoms with van der Waals surface area (Å²) in [5.41, 5.74) is 4.35. The molecule has 9 nitrogen and oxygen atoms in total. The van der Waals surface area contributed by atoms with Crippen molar-refractivity contribution in [2.24, 2.45) is 0 Å². The third-order valence-corrected chi connectivity index (χ3v) is 4.27. The predicted molar refractivity (Wildman–Crippen MR) is 82.3 cm³/mol. The monoisotopic (exact) mass is 405 g/mol. The van der Waals surface area contributed by atoms with E-state index in [0.717, 1.165) is 16.4 Å². The standard InChI is InChI=1S/C10H14FN3O4S.C2HF3O2/c1-3-14(2)19(17,18)13-8-5-6(11)4-7(9(8)12)10(15)16;3-2(4,5)1(6)7/h4-5,13H,3,12H2,1-2H3,(H,15,16);(H,6,7). The molecule has 0 saturated heterocycles. The third-order valence-electron chi connectivity index (χ3n) is 2.71. The first-order valence-electron chi connectivity index (χ1n) is 6.50. The van der Waals surface area contributed by atoms with Crippen molar-refractivity contribution in [3.63, 3.8) is 0 Å². The van der Waals surface area contributed by atoms with Crippen LogP contribution in [0.3, 0.4) is 0 Å². The number of anilines is 2. The molecule has 0 aliphatic carbocycles. The summed E-state index contributed by atoms with van der Waals surface area (Å²) in [5, 5.41) is 16.0. The quantitative estimate of drug-likeness (QED) is 0.426. The number of carboxylic acid groups (broad SMARTS) is 2. The summed E-state index contributed by atoms with van der Waals surface area (Å²) < 4.78 is 71.5. The molecule has 0 saturated carbocycles. The average Bonchev–Trinajstić information content (AvgIpc) is 2.48. The van der Waals surface area contributed by atoms with Gasteiger partial charge in [-0.3, -0.25) is 4.72 Å². The van der Waals surface area contributed by atoms with Crippen LogP contribution in [0.2, 0.25) is 0 Å². The Labute approximate surface area is 145 Å². The minimum Gasteiger partial charge on any atom is -0.478 e. The first kappa shape index (κ1) is 23.4. The van der Waals surface area contributed by atoms with E-state index in [4.69, 9.17) is 20.7 Å². The zero-order chi connectivity index (χ0) is 20.9. The molecular formula is C12H15F4N3O6S. The minimum atomic E-state index is -5.08. The number of nitrogens with zero attached hydrogens (tertiary/aromatic N) is 1. The summed E-state index contributed by atoms with van der Waals surface area (Å²) in [6, 6.07) is 1.54.